The first kappa shape index (κ1) is 16.4. The fraction of sp³-hybridized carbons (Fsp3) is 0.350. The van der Waals surface area contributed by atoms with Crippen molar-refractivity contribution in [2.45, 2.75) is 31.1 Å². The van der Waals surface area contributed by atoms with Gasteiger partial charge in [0.2, 0.25) is 0 Å². The lowest BCUT2D eigenvalue weighted by atomic mass is 9.63. The second kappa shape index (κ2) is 6.56. The normalized spacial score (nSPS) is 17.4. The van der Waals surface area contributed by atoms with Gasteiger partial charge < -0.3 is 14.9 Å². The summed E-state index contributed by atoms with van der Waals surface area (Å²) in [5.74, 6) is 0.281. The van der Waals surface area contributed by atoms with Crippen LogP contribution < -0.4 is 0 Å². The van der Waals surface area contributed by atoms with Crippen molar-refractivity contribution in [3.8, 4) is 11.5 Å². The van der Waals surface area contributed by atoms with E-state index in [9.17, 15) is 15.0 Å². The van der Waals surface area contributed by atoms with Gasteiger partial charge in [-0.25, -0.2) is 0 Å². The molecule has 0 aliphatic heterocycles. The molecule has 0 amide bonds. The van der Waals surface area contributed by atoms with Gasteiger partial charge in [-0.1, -0.05) is 24.3 Å². The number of carbonyl (C=O) groups excluding carboxylic acids is 1. The molecule has 1 aliphatic rings. The average molecular weight is 326 g/mol. The molecule has 2 aromatic rings. The van der Waals surface area contributed by atoms with Crippen LogP contribution in [0.3, 0.4) is 0 Å². The number of methoxy groups -OCH3 is 1. The van der Waals surface area contributed by atoms with Gasteiger partial charge in [-0.2, -0.15) is 0 Å². The predicted octanol–water partition coefficient (Wildman–Crippen LogP) is 3.75. The van der Waals surface area contributed by atoms with E-state index in [1.54, 1.807) is 24.3 Å². The minimum Gasteiger partial charge on any atom is -0.508 e. The van der Waals surface area contributed by atoms with Crippen LogP contribution in [0.1, 0.15) is 36.8 Å². The third-order valence-corrected chi connectivity index (χ3v) is 5.21. The number of hydrogen-bond acceptors (Lipinski definition) is 4. The van der Waals surface area contributed by atoms with Crippen molar-refractivity contribution >= 4 is 5.97 Å². The fourth-order valence-electron chi connectivity index (χ4n) is 3.82. The minimum atomic E-state index is -0.216. The number of carbonyl (C=O) groups is 1. The summed E-state index contributed by atoms with van der Waals surface area (Å²) in [5, 5.41) is 19.2. The van der Waals surface area contributed by atoms with E-state index in [0.29, 0.717) is 0 Å². The number of hydrogen-bond donors (Lipinski definition) is 2. The zero-order chi connectivity index (χ0) is 17.2. The van der Waals surface area contributed by atoms with Crippen molar-refractivity contribution in [1.82, 2.24) is 0 Å². The molecule has 0 aromatic heterocycles. The van der Waals surface area contributed by atoms with Gasteiger partial charge in [0, 0.05) is 5.41 Å². The van der Waals surface area contributed by atoms with E-state index in [1.807, 2.05) is 24.3 Å². The van der Waals surface area contributed by atoms with Crippen molar-refractivity contribution in [3.05, 3.63) is 59.7 Å². The Bertz CT molecular complexity index is 648. The molecule has 2 aromatic carbocycles. The highest BCUT2D eigenvalue weighted by Crippen LogP contribution is 2.47. The number of esters is 1. The summed E-state index contributed by atoms with van der Waals surface area (Å²) in [4.78, 5) is 11.9. The molecule has 0 heterocycles. The van der Waals surface area contributed by atoms with Crippen LogP contribution in [0.2, 0.25) is 0 Å². The summed E-state index contributed by atoms with van der Waals surface area (Å²) in [6, 6.07) is 14.6. The van der Waals surface area contributed by atoms with Crippen LogP contribution in [0.15, 0.2) is 48.5 Å². The summed E-state index contributed by atoms with van der Waals surface area (Å²) in [6.45, 7) is 0. The Labute approximate surface area is 141 Å². The van der Waals surface area contributed by atoms with Gasteiger partial charge >= 0.3 is 5.97 Å². The maximum Gasteiger partial charge on any atom is 0.308 e. The van der Waals surface area contributed by atoms with E-state index in [1.165, 1.54) is 7.11 Å². The highest BCUT2D eigenvalue weighted by atomic mass is 16.5. The Hall–Kier alpha value is -2.49. The summed E-state index contributed by atoms with van der Waals surface area (Å²) in [5.41, 5.74) is 2.02. The molecule has 0 bridgehead atoms. The third-order valence-electron chi connectivity index (χ3n) is 5.21. The van der Waals surface area contributed by atoms with Crippen molar-refractivity contribution in [3.63, 3.8) is 0 Å². The molecule has 0 spiro atoms. The zero-order valence-electron chi connectivity index (χ0n) is 13.7. The second-order valence-corrected chi connectivity index (χ2v) is 6.47. The van der Waals surface area contributed by atoms with Crippen LogP contribution in [-0.4, -0.2) is 23.3 Å². The Morgan fingerprint density at radius 2 is 1.33 bits per heavy atom. The quantitative estimate of drug-likeness (QED) is 0.843. The van der Waals surface area contributed by atoms with E-state index in [2.05, 4.69) is 0 Å². The number of phenols is 2. The van der Waals surface area contributed by atoms with Crippen molar-refractivity contribution in [2.75, 3.05) is 7.11 Å². The van der Waals surface area contributed by atoms with E-state index in [4.69, 9.17) is 4.74 Å². The molecule has 0 radical (unpaired) electrons. The lowest BCUT2D eigenvalue weighted by molar-refractivity contribution is -0.146. The summed E-state index contributed by atoms with van der Waals surface area (Å²) < 4.78 is 4.90. The monoisotopic (exact) mass is 326 g/mol. The second-order valence-electron chi connectivity index (χ2n) is 6.47. The maximum absolute atomic E-state index is 11.9. The molecular formula is C20H22O4. The van der Waals surface area contributed by atoms with E-state index >= 15 is 0 Å². The fourth-order valence-corrected chi connectivity index (χ4v) is 3.82. The first-order valence-corrected chi connectivity index (χ1v) is 8.22. The first-order chi connectivity index (χ1) is 11.5. The van der Waals surface area contributed by atoms with Crippen LogP contribution in [0.4, 0.5) is 0 Å². The van der Waals surface area contributed by atoms with Crippen LogP contribution in [0.5, 0.6) is 11.5 Å². The predicted molar refractivity (Wildman–Crippen MR) is 91.0 cm³/mol. The van der Waals surface area contributed by atoms with Gasteiger partial charge in [0.05, 0.1) is 13.0 Å². The van der Waals surface area contributed by atoms with E-state index in [-0.39, 0.29) is 28.8 Å². The number of phenolic OH excluding ortho intramolecular Hbond substituents is 2. The largest absolute Gasteiger partial charge is 0.508 e. The van der Waals surface area contributed by atoms with Crippen molar-refractivity contribution < 1.29 is 19.7 Å². The molecule has 24 heavy (non-hydrogen) atoms. The summed E-state index contributed by atoms with van der Waals surface area (Å²) >= 11 is 0. The molecule has 1 saturated carbocycles. The Morgan fingerprint density at radius 1 is 0.917 bits per heavy atom. The van der Waals surface area contributed by atoms with Crippen LogP contribution in [0.25, 0.3) is 0 Å². The number of rotatable bonds is 3. The third kappa shape index (κ3) is 2.96. The Kier molecular flexibility index (Phi) is 4.47. The van der Waals surface area contributed by atoms with Crippen LogP contribution >= 0.6 is 0 Å². The number of ether oxygens (including phenoxy) is 1. The highest BCUT2D eigenvalue weighted by molar-refractivity contribution is 5.72. The average Bonchev–Trinajstić information content (AvgIpc) is 2.62. The molecule has 2 N–H and O–H groups in total. The summed E-state index contributed by atoms with van der Waals surface area (Å²) in [7, 11) is 1.43. The molecule has 1 aliphatic carbocycles. The van der Waals surface area contributed by atoms with Gasteiger partial charge in [-0.3, -0.25) is 4.79 Å². The van der Waals surface area contributed by atoms with Gasteiger partial charge in [-0.05, 0) is 61.1 Å². The number of benzene rings is 2. The molecule has 4 heteroatoms. The van der Waals surface area contributed by atoms with E-state index in [0.717, 1.165) is 36.8 Å². The smallest absolute Gasteiger partial charge is 0.308 e. The molecule has 0 saturated heterocycles. The van der Waals surface area contributed by atoms with Gasteiger partial charge in [-0.15, -0.1) is 0 Å². The van der Waals surface area contributed by atoms with E-state index < -0.39 is 0 Å². The minimum absolute atomic E-state index is 0.0580. The SMILES string of the molecule is COC(=O)C1CCC(c2ccc(O)cc2)(c2ccc(O)cc2)CC1. The first-order valence-electron chi connectivity index (χ1n) is 8.22. The van der Waals surface area contributed by atoms with Crippen LogP contribution in [0, 0.1) is 5.92 Å². The van der Waals surface area contributed by atoms with Gasteiger partial charge in [0.15, 0.2) is 0 Å². The van der Waals surface area contributed by atoms with Crippen LogP contribution in [-0.2, 0) is 14.9 Å². The lowest BCUT2D eigenvalue weighted by Crippen LogP contribution is -2.35. The molecular weight excluding hydrogens is 304 g/mol. The molecule has 0 atom stereocenters. The van der Waals surface area contributed by atoms with Crippen molar-refractivity contribution in [1.29, 1.82) is 0 Å². The van der Waals surface area contributed by atoms with Gasteiger partial charge in [0.25, 0.3) is 0 Å². The highest BCUT2D eigenvalue weighted by Gasteiger charge is 2.40. The summed E-state index contributed by atoms with van der Waals surface area (Å²) in [6.07, 6.45) is 3.16. The maximum atomic E-state index is 11.9. The zero-order valence-corrected chi connectivity index (χ0v) is 13.7. The Balaban J connectivity index is 1.98. The standard InChI is InChI=1S/C20H22O4/c1-24-19(23)14-10-12-20(13-11-14,15-2-6-17(21)7-3-15)16-4-8-18(22)9-5-16/h2-9,14,21-22H,10-13H2,1H3. The molecule has 126 valence electrons. The molecule has 1 fully saturated rings. The van der Waals surface area contributed by atoms with Gasteiger partial charge in [0.1, 0.15) is 11.5 Å². The molecule has 4 nitrogen and oxygen atoms in total. The number of aromatic hydroxyl groups is 2. The lowest BCUT2D eigenvalue weighted by Gasteiger charge is -2.40. The topological polar surface area (TPSA) is 66.8 Å². The van der Waals surface area contributed by atoms with Crippen molar-refractivity contribution in [2.24, 2.45) is 5.92 Å². The molecule has 3 rings (SSSR count). The Morgan fingerprint density at radius 3 is 1.71 bits per heavy atom. The molecule has 0 unspecified atom stereocenters.